The Balaban J connectivity index is 1.79. The summed E-state index contributed by atoms with van der Waals surface area (Å²) in [5, 5.41) is 3.52. The zero-order valence-corrected chi connectivity index (χ0v) is 9.73. The summed E-state index contributed by atoms with van der Waals surface area (Å²) in [7, 11) is 0. The minimum atomic E-state index is 0.634. The summed E-state index contributed by atoms with van der Waals surface area (Å²) in [5.41, 5.74) is 2.41. The second-order valence-electron chi connectivity index (χ2n) is 4.54. The van der Waals surface area contributed by atoms with Crippen LogP contribution in [0.4, 0.5) is 0 Å². The van der Waals surface area contributed by atoms with Gasteiger partial charge in [-0.05, 0) is 43.5 Å². The van der Waals surface area contributed by atoms with Crippen molar-refractivity contribution >= 4 is 0 Å². The van der Waals surface area contributed by atoms with Gasteiger partial charge < -0.3 is 9.73 Å². The lowest BCUT2D eigenvalue weighted by Crippen LogP contribution is -2.23. The van der Waals surface area contributed by atoms with E-state index in [-0.39, 0.29) is 0 Å². The molecule has 1 saturated heterocycles. The second-order valence-corrected chi connectivity index (χ2v) is 4.54. The lowest BCUT2D eigenvalue weighted by molar-refractivity contribution is 0.574. The van der Waals surface area contributed by atoms with Crippen LogP contribution in [0.15, 0.2) is 41.1 Å². The fraction of sp³-hybridized carbons (Fsp3) is 0.357. The summed E-state index contributed by atoms with van der Waals surface area (Å²) in [6, 6.07) is 9.09. The number of nitrogens with one attached hydrogen (secondary N) is 1. The number of oxazole rings is 1. The first kappa shape index (κ1) is 10.5. The third kappa shape index (κ3) is 2.39. The Labute approximate surface area is 101 Å². The molecular formula is C14H16N2O. The molecule has 1 aromatic heterocycles. The van der Waals surface area contributed by atoms with Gasteiger partial charge in [0.15, 0.2) is 0 Å². The van der Waals surface area contributed by atoms with Crippen molar-refractivity contribution in [2.75, 3.05) is 6.54 Å². The van der Waals surface area contributed by atoms with E-state index < -0.39 is 0 Å². The van der Waals surface area contributed by atoms with Crippen LogP contribution < -0.4 is 5.32 Å². The van der Waals surface area contributed by atoms with Crippen LogP contribution >= 0.6 is 0 Å². The molecule has 0 spiro atoms. The molecule has 3 nitrogen and oxygen atoms in total. The first-order valence-corrected chi connectivity index (χ1v) is 6.14. The Bertz CT molecular complexity index is 473. The maximum atomic E-state index is 5.32. The van der Waals surface area contributed by atoms with E-state index in [4.69, 9.17) is 4.42 Å². The quantitative estimate of drug-likeness (QED) is 0.877. The molecule has 88 valence electrons. The van der Waals surface area contributed by atoms with Crippen molar-refractivity contribution in [2.45, 2.75) is 25.3 Å². The summed E-state index contributed by atoms with van der Waals surface area (Å²) in [5.74, 6) is 0.700. The molecule has 1 unspecified atom stereocenters. The van der Waals surface area contributed by atoms with Crippen molar-refractivity contribution in [3.05, 3.63) is 42.3 Å². The summed E-state index contributed by atoms with van der Waals surface area (Å²) in [6.45, 7) is 1.16. The SMILES string of the molecule is c1cc(CC2CCCN2)cc(-c2ncco2)c1. The van der Waals surface area contributed by atoms with Gasteiger partial charge in [-0.1, -0.05) is 12.1 Å². The topological polar surface area (TPSA) is 38.1 Å². The summed E-state index contributed by atoms with van der Waals surface area (Å²) in [6.07, 6.45) is 6.96. The van der Waals surface area contributed by atoms with Gasteiger partial charge in [-0.25, -0.2) is 4.98 Å². The zero-order valence-electron chi connectivity index (χ0n) is 9.73. The number of aromatic nitrogens is 1. The van der Waals surface area contributed by atoms with Gasteiger partial charge in [-0.15, -0.1) is 0 Å². The van der Waals surface area contributed by atoms with Crippen LogP contribution in [-0.4, -0.2) is 17.6 Å². The number of hydrogen-bond acceptors (Lipinski definition) is 3. The molecule has 0 saturated carbocycles. The predicted molar refractivity (Wildman–Crippen MR) is 66.7 cm³/mol. The van der Waals surface area contributed by atoms with E-state index in [1.165, 1.54) is 18.4 Å². The highest BCUT2D eigenvalue weighted by Gasteiger charge is 2.14. The molecule has 1 aliphatic rings. The van der Waals surface area contributed by atoms with Crippen LogP contribution in [0.1, 0.15) is 18.4 Å². The highest BCUT2D eigenvalue weighted by molar-refractivity contribution is 5.54. The number of hydrogen-bond donors (Lipinski definition) is 1. The van der Waals surface area contributed by atoms with Gasteiger partial charge in [0.25, 0.3) is 0 Å². The lowest BCUT2D eigenvalue weighted by Gasteiger charge is -2.10. The summed E-state index contributed by atoms with van der Waals surface area (Å²) >= 11 is 0. The van der Waals surface area contributed by atoms with Crippen LogP contribution in [0.3, 0.4) is 0 Å². The molecule has 1 atom stereocenters. The van der Waals surface area contributed by atoms with Crippen LogP contribution in [0, 0.1) is 0 Å². The molecule has 0 bridgehead atoms. The van der Waals surface area contributed by atoms with Gasteiger partial charge in [0.1, 0.15) is 6.26 Å². The Morgan fingerprint density at radius 1 is 1.41 bits per heavy atom. The standard InChI is InChI=1S/C14H16N2O/c1-3-11(10-13-5-2-6-15-13)9-12(4-1)14-16-7-8-17-14/h1,3-4,7-9,13,15H,2,5-6,10H2. The normalized spacial score (nSPS) is 19.6. The molecule has 1 N–H and O–H groups in total. The molecule has 3 rings (SSSR count). The molecule has 1 aliphatic heterocycles. The van der Waals surface area contributed by atoms with Crippen LogP contribution in [0.2, 0.25) is 0 Å². The van der Waals surface area contributed by atoms with Crippen molar-refractivity contribution in [3.63, 3.8) is 0 Å². The molecule has 0 radical (unpaired) electrons. The van der Waals surface area contributed by atoms with E-state index in [1.807, 2.05) is 6.07 Å². The summed E-state index contributed by atoms with van der Waals surface area (Å²) in [4.78, 5) is 4.18. The first-order chi connectivity index (χ1) is 8.42. The molecular weight excluding hydrogens is 212 g/mol. The first-order valence-electron chi connectivity index (χ1n) is 6.14. The fourth-order valence-electron chi connectivity index (χ4n) is 2.41. The average Bonchev–Trinajstić information content (AvgIpc) is 3.01. The molecule has 2 aromatic rings. The minimum Gasteiger partial charge on any atom is -0.445 e. The molecule has 2 heterocycles. The molecule has 1 aromatic carbocycles. The van der Waals surface area contributed by atoms with Crippen molar-refractivity contribution in [1.29, 1.82) is 0 Å². The monoisotopic (exact) mass is 228 g/mol. The number of rotatable bonds is 3. The van der Waals surface area contributed by atoms with Gasteiger partial charge in [-0.2, -0.15) is 0 Å². The van der Waals surface area contributed by atoms with Gasteiger partial charge >= 0.3 is 0 Å². The summed E-state index contributed by atoms with van der Waals surface area (Å²) < 4.78 is 5.32. The molecule has 3 heteroatoms. The Morgan fingerprint density at radius 3 is 3.18 bits per heavy atom. The van der Waals surface area contributed by atoms with E-state index in [0.717, 1.165) is 18.5 Å². The largest absolute Gasteiger partial charge is 0.445 e. The number of nitrogens with zero attached hydrogens (tertiary/aromatic N) is 1. The smallest absolute Gasteiger partial charge is 0.225 e. The van der Waals surface area contributed by atoms with Crippen molar-refractivity contribution in [2.24, 2.45) is 0 Å². The van der Waals surface area contributed by atoms with E-state index in [0.29, 0.717) is 11.9 Å². The van der Waals surface area contributed by atoms with E-state index in [1.54, 1.807) is 12.5 Å². The van der Waals surface area contributed by atoms with Gasteiger partial charge in [-0.3, -0.25) is 0 Å². The van der Waals surface area contributed by atoms with Crippen LogP contribution in [0.25, 0.3) is 11.5 Å². The molecule has 17 heavy (non-hydrogen) atoms. The maximum Gasteiger partial charge on any atom is 0.225 e. The van der Waals surface area contributed by atoms with Crippen LogP contribution in [-0.2, 0) is 6.42 Å². The molecule has 1 fully saturated rings. The van der Waals surface area contributed by atoms with Crippen molar-refractivity contribution in [1.82, 2.24) is 10.3 Å². The van der Waals surface area contributed by atoms with Crippen molar-refractivity contribution < 1.29 is 4.42 Å². The predicted octanol–water partition coefficient (Wildman–Crippen LogP) is 2.64. The second kappa shape index (κ2) is 4.72. The average molecular weight is 228 g/mol. The highest BCUT2D eigenvalue weighted by Crippen LogP contribution is 2.20. The lowest BCUT2D eigenvalue weighted by atomic mass is 10.0. The zero-order chi connectivity index (χ0) is 11.5. The van der Waals surface area contributed by atoms with E-state index >= 15 is 0 Å². The third-order valence-corrected chi connectivity index (χ3v) is 3.25. The van der Waals surface area contributed by atoms with Gasteiger partial charge in [0.2, 0.25) is 5.89 Å². The third-order valence-electron chi connectivity index (χ3n) is 3.25. The van der Waals surface area contributed by atoms with Crippen molar-refractivity contribution in [3.8, 4) is 11.5 Å². The minimum absolute atomic E-state index is 0.634. The van der Waals surface area contributed by atoms with Crippen LogP contribution in [0.5, 0.6) is 0 Å². The van der Waals surface area contributed by atoms with Gasteiger partial charge in [0.05, 0.1) is 6.20 Å². The van der Waals surface area contributed by atoms with E-state index in [2.05, 4.69) is 28.5 Å². The van der Waals surface area contributed by atoms with E-state index in [9.17, 15) is 0 Å². The Kier molecular flexibility index (Phi) is 2.92. The van der Waals surface area contributed by atoms with Gasteiger partial charge in [0, 0.05) is 11.6 Å². The highest BCUT2D eigenvalue weighted by atomic mass is 16.3. The fourth-order valence-corrected chi connectivity index (χ4v) is 2.41. The maximum absolute atomic E-state index is 5.32. The molecule has 0 amide bonds. The Hall–Kier alpha value is -1.61. The molecule has 0 aliphatic carbocycles. The Morgan fingerprint density at radius 2 is 2.41 bits per heavy atom. The number of benzene rings is 1.